The molecule has 4 rings (SSSR count). The average molecular weight is 431 g/mol. The van der Waals surface area contributed by atoms with Crippen molar-refractivity contribution in [3.05, 3.63) is 87.0 Å². The van der Waals surface area contributed by atoms with Crippen molar-refractivity contribution >= 4 is 52.2 Å². The first kappa shape index (κ1) is 18.8. The minimum atomic E-state index is -0.354. The summed E-state index contributed by atoms with van der Waals surface area (Å²) in [6.07, 6.45) is 1.87. The number of carbonyl (C=O) groups is 1. The number of nitrogens with one attached hydrogen (secondary N) is 1. The van der Waals surface area contributed by atoms with Crippen molar-refractivity contribution in [3.63, 3.8) is 0 Å². The summed E-state index contributed by atoms with van der Waals surface area (Å²) < 4.78 is 1.82. The number of aromatic nitrogens is 2. The van der Waals surface area contributed by atoms with E-state index in [-0.39, 0.29) is 10.9 Å². The van der Waals surface area contributed by atoms with Crippen molar-refractivity contribution in [1.82, 2.24) is 9.38 Å². The number of benzene rings is 2. The first-order chi connectivity index (χ1) is 13.4. The highest BCUT2D eigenvalue weighted by Gasteiger charge is 2.19. The van der Waals surface area contributed by atoms with Gasteiger partial charge in [-0.1, -0.05) is 46.9 Å². The predicted molar refractivity (Wildman–Crippen MR) is 115 cm³/mol. The third-order valence-electron chi connectivity index (χ3n) is 4.29. The van der Waals surface area contributed by atoms with Crippen molar-refractivity contribution in [1.29, 1.82) is 0 Å². The third-order valence-corrected chi connectivity index (χ3v) is 5.07. The number of halogens is 3. The second-order valence-corrected chi connectivity index (χ2v) is 7.61. The largest absolute Gasteiger partial charge is 0.306 e. The lowest BCUT2D eigenvalue weighted by Gasteiger charge is -2.09. The zero-order chi connectivity index (χ0) is 19.8. The molecule has 4 aromatic rings. The summed E-state index contributed by atoms with van der Waals surface area (Å²) in [6.45, 7) is 1.99. The van der Waals surface area contributed by atoms with Crippen LogP contribution in [0.5, 0.6) is 0 Å². The molecule has 0 aliphatic rings. The summed E-state index contributed by atoms with van der Waals surface area (Å²) in [5.41, 5.74) is 3.52. The van der Waals surface area contributed by atoms with E-state index in [2.05, 4.69) is 5.32 Å². The molecule has 2 heterocycles. The molecular formula is C21H14Cl3N3O. The first-order valence-electron chi connectivity index (χ1n) is 8.43. The van der Waals surface area contributed by atoms with Crippen molar-refractivity contribution in [2.45, 2.75) is 6.92 Å². The van der Waals surface area contributed by atoms with E-state index in [1.807, 2.05) is 41.8 Å². The SMILES string of the molecule is Cc1ccn2c(NC(=O)c3ccc(Cl)cc3Cl)c(-c3cccc(Cl)c3)nc2c1. The van der Waals surface area contributed by atoms with Gasteiger partial charge in [0, 0.05) is 21.8 Å². The Kier molecular flexibility index (Phi) is 5.02. The van der Waals surface area contributed by atoms with E-state index in [9.17, 15) is 4.79 Å². The molecule has 0 aliphatic heterocycles. The number of pyridine rings is 1. The number of anilines is 1. The Labute approximate surface area is 176 Å². The lowest BCUT2D eigenvalue weighted by Crippen LogP contribution is -2.14. The lowest BCUT2D eigenvalue weighted by molar-refractivity contribution is 0.102. The number of fused-ring (bicyclic) bond motifs is 1. The molecule has 0 saturated heterocycles. The number of aryl methyl sites for hydroxylation is 1. The molecule has 1 amide bonds. The lowest BCUT2D eigenvalue weighted by atomic mass is 10.1. The van der Waals surface area contributed by atoms with Gasteiger partial charge in [0.05, 0.1) is 10.6 Å². The summed E-state index contributed by atoms with van der Waals surface area (Å²) in [6, 6.07) is 16.0. The van der Waals surface area contributed by atoms with Crippen LogP contribution in [0.15, 0.2) is 60.8 Å². The predicted octanol–water partition coefficient (Wildman–Crippen LogP) is 6.52. The molecule has 1 N–H and O–H groups in total. The van der Waals surface area contributed by atoms with Crippen LogP contribution < -0.4 is 5.32 Å². The van der Waals surface area contributed by atoms with Crippen molar-refractivity contribution in [3.8, 4) is 11.3 Å². The maximum Gasteiger partial charge on any atom is 0.258 e. The zero-order valence-electron chi connectivity index (χ0n) is 14.7. The highest BCUT2D eigenvalue weighted by molar-refractivity contribution is 6.37. The van der Waals surface area contributed by atoms with Gasteiger partial charge in [-0.3, -0.25) is 9.20 Å². The fourth-order valence-electron chi connectivity index (χ4n) is 2.95. The number of rotatable bonds is 3. The highest BCUT2D eigenvalue weighted by atomic mass is 35.5. The van der Waals surface area contributed by atoms with Crippen LogP contribution >= 0.6 is 34.8 Å². The van der Waals surface area contributed by atoms with Gasteiger partial charge in [-0.2, -0.15) is 0 Å². The Morgan fingerprint density at radius 2 is 1.79 bits per heavy atom. The molecule has 0 saturated carbocycles. The summed E-state index contributed by atoms with van der Waals surface area (Å²) in [4.78, 5) is 17.6. The molecule has 0 spiro atoms. The van der Waals surface area contributed by atoms with Crippen LogP contribution in [-0.2, 0) is 0 Å². The van der Waals surface area contributed by atoms with Crippen LogP contribution in [0, 0.1) is 6.92 Å². The van der Waals surface area contributed by atoms with Crippen molar-refractivity contribution in [2.24, 2.45) is 0 Å². The second-order valence-electron chi connectivity index (χ2n) is 6.33. The van der Waals surface area contributed by atoms with Gasteiger partial charge in [-0.05, 0) is 55.0 Å². The number of hydrogen-bond acceptors (Lipinski definition) is 2. The van der Waals surface area contributed by atoms with Gasteiger partial charge < -0.3 is 5.32 Å². The van der Waals surface area contributed by atoms with E-state index in [4.69, 9.17) is 39.8 Å². The third kappa shape index (κ3) is 3.59. The number of hydrogen-bond donors (Lipinski definition) is 1. The van der Waals surface area contributed by atoms with E-state index in [1.165, 1.54) is 6.07 Å². The Balaban J connectivity index is 1.85. The zero-order valence-corrected chi connectivity index (χ0v) is 17.0. The molecule has 0 unspecified atom stereocenters. The Morgan fingerprint density at radius 3 is 2.54 bits per heavy atom. The van der Waals surface area contributed by atoms with Crippen LogP contribution in [0.2, 0.25) is 15.1 Å². The standard InChI is InChI=1S/C21H14Cl3N3O/c1-12-7-8-27-18(9-12)25-19(13-3-2-4-14(22)10-13)20(27)26-21(28)16-6-5-15(23)11-17(16)24/h2-11H,1H3,(H,26,28). The van der Waals surface area contributed by atoms with Gasteiger partial charge in [0.25, 0.3) is 5.91 Å². The Bertz CT molecular complexity index is 1220. The van der Waals surface area contributed by atoms with Gasteiger partial charge in [-0.15, -0.1) is 0 Å². The average Bonchev–Trinajstić information content (AvgIpc) is 2.99. The van der Waals surface area contributed by atoms with Gasteiger partial charge in [0.1, 0.15) is 17.2 Å². The fourth-order valence-corrected chi connectivity index (χ4v) is 3.64. The second kappa shape index (κ2) is 7.47. The maximum absolute atomic E-state index is 12.9. The van der Waals surface area contributed by atoms with Gasteiger partial charge >= 0.3 is 0 Å². The molecule has 2 aromatic heterocycles. The van der Waals surface area contributed by atoms with Crippen molar-refractivity contribution < 1.29 is 4.79 Å². The number of amides is 1. The van der Waals surface area contributed by atoms with E-state index in [0.717, 1.165) is 11.1 Å². The minimum absolute atomic E-state index is 0.277. The summed E-state index contributed by atoms with van der Waals surface area (Å²) in [7, 11) is 0. The summed E-state index contributed by atoms with van der Waals surface area (Å²) in [5.74, 6) is 0.181. The molecular weight excluding hydrogens is 417 g/mol. The fraction of sp³-hybridized carbons (Fsp3) is 0.0476. The molecule has 7 heteroatoms. The number of imidazole rings is 1. The number of nitrogens with zero attached hydrogens (tertiary/aromatic N) is 2. The molecule has 2 aromatic carbocycles. The monoisotopic (exact) mass is 429 g/mol. The molecule has 140 valence electrons. The summed E-state index contributed by atoms with van der Waals surface area (Å²) >= 11 is 18.3. The highest BCUT2D eigenvalue weighted by Crippen LogP contribution is 2.31. The van der Waals surface area contributed by atoms with Crippen LogP contribution in [0.3, 0.4) is 0 Å². The quantitative estimate of drug-likeness (QED) is 0.402. The molecule has 0 aliphatic carbocycles. The number of carbonyl (C=O) groups excluding carboxylic acids is 1. The molecule has 0 fully saturated rings. The molecule has 4 nitrogen and oxygen atoms in total. The Morgan fingerprint density at radius 1 is 1.00 bits per heavy atom. The smallest absolute Gasteiger partial charge is 0.258 e. The van der Waals surface area contributed by atoms with Gasteiger partial charge in [0.15, 0.2) is 0 Å². The van der Waals surface area contributed by atoms with Crippen LogP contribution in [0.1, 0.15) is 15.9 Å². The van der Waals surface area contributed by atoms with Crippen LogP contribution in [0.4, 0.5) is 5.82 Å². The van der Waals surface area contributed by atoms with Gasteiger partial charge in [0.2, 0.25) is 0 Å². The Hall–Kier alpha value is -2.53. The molecule has 0 radical (unpaired) electrons. The van der Waals surface area contributed by atoms with E-state index < -0.39 is 0 Å². The van der Waals surface area contributed by atoms with Crippen molar-refractivity contribution in [2.75, 3.05) is 5.32 Å². The van der Waals surface area contributed by atoms with Gasteiger partial charge in [-0.25, -0.2) is 4.98 Å². The topological polar surface area (TPSA) is 46.4 Å². The molecule has 0 bridgehead atoms. The van der Waals surface area contributed by atoms with Crippen LogP contribution in [-0.4, -0.2) is 15.3 Å². The normalized spacial score (nSPS) is 11.0. The summed E-state index contributed by atoms with van der Waals surface area (Å²) in [5, 5.41) is 4.27. The van der Waals surface area contributed by atoms with E-state index in [1.54, 1.807) is 24.3 Å². The minimum Gasteiger partial charge on any atom is -0.306 e. The molecule has 0 atom stereocenters. The van der Waals surface area contributed by atoms with Crippen LogP contribution in [0.25, 0.3) is 16.9 Å². The molecule has 28 heavy (non-hydrogen) atoms. The first-order valence-corrected chi connectivity index (χ1v) is 9.57. The maximum atomic E-state index is 12.9. The van der Waals surface area contributed by atoms with E-state index >= 15 is 0 Å². The van der Waals surface area contributed by atoms with E-state index in [0.29, 0.717) is 32.8 Å².